The Morgan fingerprint density at radius 2 is 2.58 bits per heavy atom. The molecule has 1 aliphatic heterocycles. The molecule has 0 saturated carbocycles. The summed E-state index contributed by atoms with van der Waals surface area (Å²) < 4.78 is 0. The van der Waals surface area contributed by atoms with E-state index in [-0.39, 0.29) is 5.91 Å². The Hall–Kier alpha value is -1.06. The maximum absolute atomic E-state index is 11.2. The summed E-state index contributed by atoms with van der Waals surface area (Å²) in [6.45, 7) is 4.57. The topological polar surface area (TPSA) is 50.7 Å². The Labute approximate surface area is 72.0 Å². The zero-order valence-corrected chi connectivity index (χ0v) is 7.46. The van der Waals surface area contributed by atoms with E-state index >= 15 is 0 Å². The Morgan fingerprint density at radius 3 is 3.08 bits per heavy atom. The molecule has 0 radical (unpaired) electrons. The van der Waals surface area contributed by atoms with Gasteiger partial charge in [0.15, 0.2) is 0 Å². The third-order valence-electron chi connectivity index (χ3n) is 1.66. The van der Waals surface area contributed by atoms with Gasteiger partial charge in [0.1, 0.15) is 0 Å². The van der Waals surface area contributed by atoms with Crippen molar-refractivity contribution in [2.24, 2.45) is 5.16 Å². The molecular weight excluding hydrogens is 156 g/mol. The normalized spacial score (nSPS) is 21.5. The first kappa shape index (κ1) is 9.03. The van der Waals surface area contributed by atoms with Crippen molar-refractivity contribution in [3.8, 4) is 0 Å². The third-order valence-corrected chi connectivity index (χ3v) is 1.66. The molecular formula is C8H14N2O2. The van der Waals surface area contributed by atoms with Gasteiger partial charge in [0.2, 0.25) is 6.10 Å². The molecule has 0 bridgehead atoms. The van der Waals surface area contributed by atoms with Gasteiger partial charge in [-0.25, -0.2) is 0 Å². The van der Waals surface area contributed by atoms with Crippen molar-refractivity contribution < 1.29 is 9.63 Å². The fourth-order valence-electron chi connectivity index (χ4n) is 0.999. The maximum Gasteiger partial charge on any atom is 0.264 e. The van der Waals surface area contributed by atoms with Crippen molar-refractivity contribution in [1.29, 1.82) is 0 Å². The summed E-state index contributed by atoms with van der Waals surface area (Å²) in [5.41, 5.74) is 0.881. The summed E-state index contributed by atoms with van der Waals surface area (Å²) in [6.07, 6.45) is 1.17. The van der Waals surface area contributed by atoms with Gasteiger partial charge in [-0.3, -0.25) is 4.79 Å². The Morgan fingerprint density at radius 1 is 1.83 bits per heavy atom. The van der Waals surface area contributed by atoms with Crippen LogP contribution in [0, 0.1) is 0 Å². The molecule has 1 unspecified atom stereocenters. The number of hydrogen-bond donors (Lipinski definition) is 1. The maximum atomic E-state index is 11.2. The largest absolute Gasteiger partial charge is 0.382 e. The van der Waals surface area contributed by atoms with Gasteiger partial charge in [0.25, 0.3) is 5.91 Å². The van der Waals surface area contributed by atoms with Crippen LogP contribution in [0.2, 0.25) is 0 Å². The van der Waals surface area contributed by atoms with Crippen LogP contribution < -0.4 is 5.32 Å². The van der Waals surface area contributed by atoms with E-state index in [2.05, 4.69) is 10.5 Å². The highest BCUT2D eigenvalue weighted by atomic mass is 16.6. The van der Waals surface area contributed by atoms with E-state index in [9.17, 15) is 4.79 Å². The molecule has 1 atom stereocenters. The van der Waals surface area contributed by atoms with Crippen LogP contribution in [0.15, 0.2) is 5.16 Å². The standard InChI is InChI=1S/C8H14N2O2/c1-3-4-9-8(11)7-5-6(2)10-12-7/h7H,3-5H2,1-2H3,(H,9,11). The monoisotopic (exact) mass is 170 g/mol. The lowest BCUT2D eigenvalue weighted by molar-refractivity contribution is -0.131. The van der Waals surface area contributed by atoms with Crippen molar-refractivity contribution in [3.63, 3.8) is 0 Å². The van der Waals surface area contributed by atoms with E-state index in [0.29, 0.717) is 13.0 Å². The molecule has 0 aromatic rings. The molecule has 1 rings (SSSR count). The number of rotatable bonds is 3. The van der Waals surface area contributed by atoms with Gasteiger partial charge >= 0.3 is 0 Å². The molecule has 1 heterocycles. The van der Waals surface area contributed by atoms with E-state index in [1.807, 2.05) is 13.8 Å². The highest BCUT2D eigenvalue weighted by Gasteiger charge is 2.25. The summed E-state index contributed by atoms with van der Waals surface area (Å²) in [5, 5.41) is 6.46. The predicted octanol–water partition coefficient (Wildman–Crippen LogP) is 0.677. The van der Waals surface area contributed by atoms with Gasteiger partial charge in [-0.15, -0.1) is 0 Å². The van der Waals surface area contributed by atoms with Gasteiger partial charge in [-0.1, -0.05) is 12.1 Å². The van der Waals surface area contributed by atoms with Crippen molar-refractivity contribution in [3.05, 3.63) is 0 Å². The van der Waals surface area contributed by atoms with Gasteiger partial charge in [-0.2, -0.15) is 0 Å². The molecule has 0 fully saturated rings. The lowest BCUT2D eigenvalue weighted by Crippen LogP contribution is -2.34. The number of amides is 1. The summed E-state index contributed by atoms with van der Waals surface area (Å²) in [6, 6.07) is 0. The van der Waals surface area contributed by atoms with E-state index in [0.717, 1.165) is 12.1 Å². The molecule has 0 aromatic heterocycles. The van der Waals surface area contributed by atoms with E-state index in [1.165, 1.54) is 0 Å². The van der Waals surface area contributed by atoms with Crippen molar-refractivity contribution in [2.45, 2.75) is 32.8 Å². The van der Waals surface area contributed by atoms with Crippen molar-refractivity contribution in [2.75, 3.05) is 6.54 Å². The first-order valence-electron chi connectivity index (χ1n) is 4.21. The van der Waals surface area contributed by atoms with Crippen LogP contribution in [-0.4, -0.2) is 24.3 Å². The number of hydrogen-bond acceptors (Lipinski definition) is 3. The average Bonchev–Trinajstić information content (AvgIpc) is 2.47. The van der Waals surface area contributed by atoms with Crippen LogP contribution in [0.4, 0.5) is 0 Å². The van der Waals surface area contributed by atoms with Crippen molar-refractivity contribution >= 4 is 11.6 Å². The highest BCUT2D eigenvalue weighted by molar-refractivity contribution is 5.91. The summed E-state index contributed by atoms with van der Waals surface area (Å²) in [5.74, 6) is -0.0579. The van der Waals surface area contributed by atoms with Crippen LogP contribution in [-0.2, 0) is 9.63 Å². The molecule has 4 heteroatoms. The molecule has 0 aliphatic carbocycles. The minimum absolute atomic E-state index is 0.0579. The Bertz CT molecular complexity index is 201. The Kier molecular flexibility index (Phi) is 3.08. The lowest BCUT2D eigenvalue weighted by atomic mass is 10.2. The van der Waals surface area contributed by atoms with Crippen LogP contribution in [0.25, 0.3) is 0 Å². The molecule has 12 heavy (non-hydrogen) atoms. The zero-order chi connectivity index (χ0) is 8.97. The Balaban J connectivity index is 2.26. The summed E-state index contributed by atoms with van der Waals surface area (Å²) >= 11 is 0. The second kappa shape index (κ2) is 4.09. The second-order valence-electron chi connectivity index (χ2n) is 2.92. The minimum atomic E-state index is -0.392. The van der Waals surface area contributed by atoms with Gasteiger partial charge in [0.05, 0.1) is 5.71 Å². The quantitative estimate of drug-likeness (QED) is 0.677. The van der Waals surface area contributed by atoms with Gasteiger partial charge in [0, 0.05) is 13.0 Å². The summed E-state index contributed by atoms with van der Waals surface area (Å²) in [4.78, 5) is 16.1. The van der Waals surface area contributed by atoms with Crippen LogP contribution >= 0.6 is 0 Å². The van der Waals surface area contributed by atoms with Crippen LogP contribution in [0.3, 0.4) is 0 Å². The minimum Gasteiger partial charge on any atom is -0.382 e. The molecule has 1 aliphatic rings. The molecule has 4 nitrogen and oxygen atoms in total. The number of nitrogens with one attached hydrogen (secondary N) is 1. The third kappa shape index (κ3) is 2.22. The molecule has 68 valence electrons. The molecule has 1 amide bonds. The first-order valence-corrected chi connectivity index (χ1v) is 4.21. The fourth-order valence-corrected chi connectivity index (χ4v) is 0.999. The van der Waals surface area contributed by atoms with E-state index in [4.69, 9.17) is 4.84 Å². The SMILES string of the molecule is CCCNC(=O)C1CC(C)=NO1. The first-order chi connectivity index (χ1) is 5.74. The van der Waals surface area contributed by atoms with Gasteiger partial charge < -0.3 is 10.2 Å². The highest BCUT2D eigenvalue weighted by Crippen LogP contribution is 2.09. The lowest BCUT2D eigenvalue weighted by Gasteiger charge is -2.07. The summed E-state index contributed by atoms with van der Waals surface area (Å²) in [7, 11) is 0. The van der Waals surface area contributed by atoms with E-state index in [1.54, 1.807) is 0 Å². The number of carbonyl (C=O) groups is 1. The van der Waals surface area contributed by atoms with Crippen molar-refractivity contribution in [1.82, 2.24) is 5.32 Å². The fraction of sp³-hybridized carbons (Fsp3) is 0.750. The zero-order valence-electron chi connectivity index (χ0n) is 7.46. The molecule has 0 saturated heterocycles. The number of nitrogens with zero attached hydrogens (tertiary/aromatic N) is 1. The molecule has 0 aromatic carbocycles. The second-order valence-corrected chi connectivity index (χ2v) is 2.92. The number of carbonyl (C=O) groups excluding carboxylic acids is 1. The molecule has 1 N–H and O–H groups in total. The van der Waals surface area contributed by atoms with Crippen LogP contribution in [0.5, 0.6) is 0 Å². The molecule has 0 spiro atoms. The van der Waals surface area contributed by atoms with E-state index < -0.39 is 6.10 Å². The number of oxime groups is 1. The average molecular weight is 170 g/mol. The predicted molar refractivity (Wildman–Crippen MR) is 45.9 cm³/mol. The van der Waals surface area contributed by atoms with Gasteiger partial charge in [-0.05, 0) is 13.3 Å². The smallest absolute Gasteiger partial charge is 0.264 e. The van der Waals surface area contributed by atoms with Crippen LogP contribution in [0.1, 0.15) is 26.7 Å².